The molecule has 0 unspecified atom stereocenters. The van der Waals surface area contributed by atoms with Gasteiger partial charge >= 0.3 is 5.97 Å². The molecule has 0 spiro atoms. The Morgan fingerprint density at radius 1 is 0.750 bits per heavy atom. The van der Waals surface area contributed by atoms with E-state index in [1.807, 2.05) is 6.07 Å². The SMILES string of the molecule is CCCCCCCCCCCCCCCCCC(=O)OCCC#N. The highest BCUT2D eigenvalue weighted by molar-refractivity contribution is 5.69. The van der Waals surface area contributed by atoms with Gasteiger partial charge < -0.3 is 4.74 Å². The molecule has 0 heterocycles. The van der Waals surface area contributed by atoms with Crippen molar-refractivity contribution in [3.05, 3.63) is 0 Å². The maximum Gasteiger partial charge on any atom is 0.305 e. The minimum atomic E-state index is -0.153. The van der Waals surface area contributed by atoms with Gasteiger partial charge in [-0.25, -0.2) is 0 Å². The summed E-state index contributed by atoms with van der Waals surface area (Å²) >= 11 is 0. The van der Waals surface area contributed by atoms with Crippen molar-refractivity contribution in [1.82, 2.24) is 0 Å². The Hall–Kier alpha value is -1.04. The summed E-state index contributed by atoms with van der Waals surface area (Å²) in [5, 5.41) is 8.35. The van der Waals surface area contributed by atoms with E-state index >= 15 is 0 Å². The van der Waals surface area contributed by atoms with E-state index in [9.17, 15) is 4.79 Å². The highest BCUT2D eigenvalue weighted by atomic mass is 16.5. The number of hydrogen-bond acceptors (Lipinski definition) is 3. The fourth-order valence-corrected chi connectivity index (χ4v) is 2.92. The lowest BCUT2D eigenvalue weighted by Gasteiger charge is -2.04. The number of ether oxygens (including phenoxy) is 1. The summed E-state index contributed by atoms with van der Waals surface area (Å²) in [5.74, 6) is -0.153. The Morgan fingerprint density at radius 3 is 1.58 bits per heavy atom. The molecule has 0 saturated carbocycles. The number of hydrogen-bond donors (Lipinski definition) is 0. The molecule has 0 aliphatic carbocycles. The second kappa shape index (κ2) is 20.0. The van der Waals surface area contributed by atoms with Crippen molar-refractivity contribution < 1.29 is 9.53 Å². The average molecular weight is 338 g/mol. The lowest BCUT2D eigenvalue weighted by molar-refractivity contribution is -0.143. The Labute approximate surface area is 150 Å². The fourth-order valence-electron chi connectivity index (χ4n) is 2.92. The maximum absolute atomic E-state index is 11.3. The smallest absolute Gasteiger partial charge is 0.305 e. The molecule has 0 radical (unpaired) electrons. The second-order valence-electron chi connectivity index (χ2n) is 6.83. The van der Waals surface area contributed by atoms with E-state index in [2.05, 4.69) is 6.92 Å². The third kappa shape index (κ3) is 19.0. The van der Waals surface area contributed by atoms with Gasteiger partial charge in [0.25, 0.3) is 0 Å². The first-order chi connectivity index (χ1) is 11.8. The standard InChI is InChI=1S/C21H39NO2/c1-2-3-4-5-6-7-8-9-10-11-12-13-14-15-16-18-21(23)24-20-17-19-22/h2-18,20H2,1H3. The Bertz CT molecular complexity index is 309. The van der Waals surface area contributed by atoms with E-state index in [1.165, 1.54) is 83.5 Å². The Morgan fingerprint density at radius 2 is 1.17 bits per heavy atom. The van der Waals surface area contributed by atoms with Crippen LogP contribution in [-0.4, -0.2) is 12.6 Å². The molecule has 0 aromatic heterocycles. The van der Waals surface area contributed by atoms with E-state index in [1.54, 1.807) is 0 Å². The molecule has 0 aliphatic heterocycles. The van der Waals surface area contributed by atoms with Crippen molar-refractivity contribution in [2.24, 2.45) is 0 Å². The zero-order chi connectivity index (χ0) is 17.7. The van der Waals surface area contributed by atoms with Crippen LogP contribution in [0.15, 0.2) is 0 Å². The molecule has 0 bridgehead atoms. The first-order valence-corrected chi connectivity index (χ1v) is 10.3. The number of esters is 1. The molecule has 0 aromatic carbocycles. The molecule has 24 heavy (non-hydrogen) atoms. The highest BCUT2D eigenvalue weighted by Gasteiger charge is 2.01. The monoisotopic (exact) mass is 337 g/mol. The van der Waals surface area contributed by atoms with Crippen molar-refractivity contribution in [3.63, 3.8) is 0 Å². The quantitative estimate of drug-likeness (QED) is 0.206. The predicted molar refractivity (Wildman–Crippen MR) is 101 cm³/mol. The molecule has 140 valence electrons. The molecule has 0 amide bonds. The average Bonchev–Trinajstić information content (AvgIpc) is 2.58. The van der Waals surface area contributed by atoms with Crippen LogP contribution in [0.4, 0.5) is 0 Å². The molecular formula is C21H39NO2. The summed E-state index contributed by atoms with van der Waals surface area (Å²) in [6, 6.07) is 1.97. The van der Waals surface area contributed by atoms with Crippen LogP contribution < -0.4 is 0 Å². The maximum atomic E-state index is 11.3. The summed E-state index contributed by atoms with van der Waals surface area (Å²) in [7, 11) is 0. The molecule has 0 N–H and O–H groups in total. The summed E-state index contributed by atoms with van der Waals surface area (Å²) in [5.41, 5.74) is 0. The van der Waals surface area contributed by atoms with Crippen LogP contribution in [0.3, 0.4) is 0 Å². The lowest BCUT2D eigenvalue weighted by atomic mass is 10.0. The van der Waals surface area contributed by atoms with Gasteiger partial charge in [0, 0.05) is 6.42 Å². The normalized spacial score (nSPS) is 10.5. The van der Waals surface area contributed by atoms with Gasteiger partial charge in [0.05, 0.1) is 12.5 Å². The third-order valence-corrected chi connectivity index (χ3v) is 4.46. The van der Waals surface area contributed by atoms with E-state index < -0.39 is 0 Å². The molecule has 3 heteroatoms. The summed E-state index contributed by atoms with van der Waals surface area (Å²) in [6.45, 7) is 2.51. The molecular weight excluding hydrogens is 298 g/mol. The van der Waals surface area contributed by atoms with Gasteiger partial charge in [0.15, 0.2) is 0 Å². The van der Waals surface area contributed by atoms with Crippen molar-refractivity contribution in [2.45, 2.75) is 116 Å². The zero-order valence-corrected chi connectivity index (χ0v) is 16.0. The van der Waals surface area contributed by atoms with Crippen molar-refractivity contribution in [3.8, 4) is 6.07 Å². The van der Waals surface area contributed by atoms with E-state index in [4.69, 9.17) is 10.00 Å². The van der Waals surface area contributed by atoms with Gasteiger partial charge in [-0.05, 0) is 6.42 Å². The highest BCUT2D eigenvalue weighted by Crippen LogP contribution is 2.13. The van der Waals surface area contributed by atoms with Crippen molar-refractivity contribution in [1.29, 1.82) is 5.26 Å². The number of nitrogens with zero attached hydrogens (tertiary/aromatic N) is 1. The molecule has 0 aliphatic rings. The van der Waals surface area contributed by atoms with E-state index in [0.717, 1.165) is 12.8 Å². The van der Waals surface area contributed by atoms with Crippen LogP contribution in [0.5, 0.6) is 0 Å². The summed E-state index contributed by atoms with van der Waals surface area (Å²) in [6.07, 6.45) is 20.7. The largest absolute Gasteiger partial charge is 0.465 e. The lowest BCUT2D eigenvalue weighted by Crippen LogP contribution is -2.04. The minimum absolute atomic E-state index is 0.153. The summed E-state index contributed by atoms with van der Waals surface area (Å²) < 4.78 is 4.94. The van der Waals surface area contributed by atoms with E-state index in [0.29, 0.717) is 12.8 Å². The fraction of sp³-hybridized carbons (Fsp3) is 0.905. The second-order valence-corrected chi connectivity index (χ2v) is 6.83. The van der Waals surface area contributed by atoms with Crippen LogP contribution in [-0.2, 0) is 9.53 Å². The Balaban J connectivity index is 3.07. The number of carbonyl (C=O) groups excluding carboxylic acids is 1. The number of rotatable bonds is 18. The van der Waals surface area contributed by atoms with Crippen LogP contribution >= 0.6 is 0 Å². The topological polar surface area (TPSA) is 50.1 Å². The summed E-state index contributed by atoms with van der Waals surface area (Å²) in [4.78, 5) is 11.3. The number of unbranched alkanes of at least 4 members (excludes halogenated alkanes) is 14. The molecule has 0 rings (SSSR count). The van der Waals surface area contributed by atoms with Gasteiger partial charge in [-0.3, -0.25) is 4.79 Å². The molecule has 0 aromatic rings. The Kier molecular flexibility index (Phi) is 19.1. The molecule has 0 saturated heterocycles. The van der Waals surface area contributed by atoms with Crippen molar-refractivity contribution >= 4 is 5.97 Å². The number of nitriles is 1. The predicted octanol–water partition coefficient (Wildman–Crippen LogP) is 6.70. The van der Waals surface area contributed by atoms with Gasteiger partial charge in [-0.1, -0.05) is 96.8 Å². The van der Waals surface area contributed by atoms with Crippen LogP contribution in [0.1, 0.15) is 116 Å². The van der Waals surface area contributed by atoms with Gasteiger partial charge in [0.1, 0.15) is 6.61 Å². The molecule has 3 nitrogen and oxygen atoms in total. The minimum Gasteiger partial charge on any atom is -0.465 e. The first-order valence-electron chi connectivity index (χ1n) is 10.3. The number of carbonyl (C=O) groups is 1. The van der Waals surface area contributed by atoms with Gasteiger partial charge in [0.2, 0.25) is 0 Å². The molecule has 0 atom stereocenters. The van der Waals surface area contributed by atoms with Gasteiger partial charge in [-0.2, -0.15) is 5.26 Å². The zero-order valence-electron chi connectivity index (χ0n) is 16.0. The van der Waals surface area contributed by atoms with Crippen LogP contribution in [0.2, 0.25) is 0 Å². The van der Waals surface area contributed by atoms with Gasteiger partial charge in [-0.15, -0.1) is 0 Å². The molecule has 0 fully saturated rings. The van der Waals surface area contributed by atoms with Crippen LogP contribution in [0.25, 0.3) is 0 Å². The van der Waals surface area contributed by atoms with Crippen molar-refractivity contribution in [2.75, 3.05) is 6.61 Å². The third-order valence-electron chi connectivity index (χ3n) is 4.46. The van der Waals surface area contributed by atoms with E-state index in [-0.39, 0.29) is 12.6 Å². The van der Waals surface area contributed by atoms with Crippen LogP contribution in [0, 0.1) is 11.3 Å². The first kappa shape index (κ1) is 23.0.